The average Bonchev–Trinajstić information content (AvgIpc) is 3.44. The molecule has 0 radical (unpaired) electrons. The molecule has 4 unspecified atom stereocenters. The number of ether oxygens (including phenoxy) is 1. The normalized spacial score (nSPS) is 30.9. The summed E-state index contributed by atoms with van der Waals surface area (Å²) < 4.78 is 33.7. The van der Waals surface area contributed by atoms with Gasteiger partial charge in [0.05, 0.1) is 24.9 Å². The first-order valence-corrected chi connectivity index (χ1v) is 12.2. The molecule has 0 aromatic heterocycles. The van der Waals surface area contributed by atoms with Gasteiger partial charge in [0.15, 0.2) is 11.3 Å². The monoisotopic (exact) mass is 435 g/mol. The first kappa shape index (κ1) is 20.4. The average molecular weight is 436 g/mol. The third-order valence-corrected chi connectivity index (χ3v) is 8.44. The molecule has 4 atom stereocenters. The maximum Gasteiger partial charge on any atom is 0.243 e. The third kappa shape index (κ3) is 4.36. The van der Waals surface area contributed by atoms with Gasteiger partial charge in [-0.2, -0.15) is 0 Å². The fourth-order valence-corrected chi connectivity index (χ4v) is 6.61. The number of thioether (sulfide) groups is 1. The number of hydrogen-bond donors (Lipinski definition) is 0. The maximum absolute atomic E-state index is 13.4. The van der Waals surface area contributed by atoms with E-state index in [9.17, 15) is 8.42 Å². The van der Waals surface area contributed by atoms with Crippen LogP contribution in [-0.2, 0) is 19.6 Å². The van der Waals surface area contributed by atoms with Crippen LogP contribution in [0.15, 0.2) is 58.8 Å². The molecular weight excluding hydrogens is 410 g/mol. The Morgan fingerprint density at radius 3 is 2.79 bits per heavy atom. The van der Waals surface area contributed by atoms with Gasteiger partial charge in [0, 0.05) is 25.2 Å². The highest BCUT2D eigenvalue weighted by Gasteiger charge is 2.38. The highest BCUT2D eigenvalue weighted by atomic mass is 32.2. The predicted octanol–water partition coefficient (Wildman–Crippen LogP) is 2.51. The largest absolute Gasteiger partial charge is 0.390 e. The highest BCUT2D eigenvalue weighted by Crippen LogP contribution is 2.29. The van der Waals surface area contributed by atoms with E-state index in [2.05, 4.69) is 10.1 Å². The van der Waals surface area contributed by atoms with Gasteiger partial charge >= 0.3 is 0 Å². The number of oxime groups is 1. The molecule has 0 aromatic carbocycles. The molecule has 9 heteroatoms. The molecule has 2 heterocycles. The molecular formula is C20H25N3O4S2. The molecule has 0 aromatic rings. The molecule has 0 saturated carbocycles. The van der Waals surface area contributed by atoms with Crippen LogP contribution >= 0.6 is 11.8 Å². The molecule has 0 amide bonds. The molecule has 156 valence electrons. The molecule has 0 N–H and O–H groups in total. The Hall–Kier alpha value is -1.84. The van der Waals surface area contributed by atoms with Crippen LogP contribution in [0.2, 0.25) is 0 Å². The van der Waals surface area contributed by atoms with Crippen LogP contribution in [0.5, 0.6) is 0 Å². The summed E-state index contributed by atoms with van der Waals surface area (Å²) in [6.07, 6.45) is 15.8. The number of aliphatic imine (C=N–C) groups is 1. The Morgan fingerprint density at radius 2 is 2.07 bits per heavy atom. The van der Waals surface area contributed by atoms with Gasteiger partial charge < -0.3 is 9.57 Å². The Bertz CT molecular complexity index is 905. The van der Waals surface area contributed by atoms with Crippen LogP contribution in [0, 0.1) is 5.92 Å². The van der Waals surface area contributed by atoms with Crippen molar-refractivity contribution in [3.8, 4) is 0 Å². The van der Waals surface area contributed by atoms with Crippen LogP contribution < -0.4 is 0 Å². The molecule has 0 bridgehead atoms. The van der Waals surface area contributed by atoms with Crippen molar-refractivity contribution in [1.82, 2.24) is 4.31 Å². The molecule has 4 aliphatic rings. The summed E-state index contributed by atoms with van der Waals surface area (Å²) in [5, 5.41) is 4.25. The minimum absolute atomic E-state index is 0.00432. The second-order valence-corrected chi connectivity index (χ2v) is 10.3. The topological polar surface area (TPSA) is 80.6 Å². The summed E-state index contributed by atoms with van der Waals surface area (Å²) >= 11 is 1.48. The number of allylic oxidation sites excluding steroid dienone is 5. The van der Waals surface area contributed by atoms with E-state index < -0.39 is 15.3 Å². The van der Waals surface area contributed by atoms with Crippen molar-refractivity contribution in [3.63, 3.8) is 0 Å². The zero-order valence-electron chi connectivity index (χ0n) is 16.3. The summed E-state index contributed by atoms with van der Waals surface area (Å²) in [6.45, 7) is 0.841. The van der Waals surface area contributed by atoms with Crippen LogP contribution in [-0.4, -0.2) is 67.0 Å². The zero-order chi connectivity index (χ0) is 20.3. The number of amidine groups is 1. The Morgan fingerprint density at radius 1 is 1.24 bits per heavy atom. The first-order chi connectivity index (χ1) is 14.1. The predicted molar refractivity (Wildman–Crippen MR) is 117 cm³/mol. The number of methoxy groups -OCH3 is 1. The van der Waals surface area contributed by atoms with Crippen molar-refractivity contribution in [2.45, 2.75) is 30.3 Å². The van der Waals surface area contributed by atoms with Crippen molar-refractivity contribution in [2.75, 3.05) is 26.0 Å². The fraction of sp³-hybridized carbons (Fsp3) is 0.500. The third-order valence-electron chi connectivity index (χ3n) is 5.28. The van der Waals surface area contributed by atoms with E-state index in [1.54, 1.807) is 19.3 Å². The van der Waals surface area contributed by atoms with Crippen LogP contribution in [0.4, 0.5) is 0 Å². The summed E-state index contributed by atoms with van der Waals surface area (Å²) in [6, 6.07) is 0. The standard InChI is InChI=1S/C20H25N3O4S2/c1-26-19-10-6-5-9-17(19)18-13-15(27-22-18)14-23(20-21-11-12-28-20)29(24,25)16-7-3-2-4-8-16/h2-7,9-10,15-17,19H,8,11-14H2,1H3. The molecule has 0 fully saturated rings. The smallest absolute Gasteiger partial charge is 0.243 e. The lowest BCUT2D eigenvalue weighted by molar-refractivity contribution is 0.0787. The Kier molecular flexibility index (Phi) is 6.26. The van der Waals surface area contributed by atoms with E-state index in [-0.39, 0.29) is 24.7 Å². The van der Waals surface area contributed by atoms with Gasteiger partial charge in [-0.15, -0.1) is 0 Å². The second-order valence-electron chi connectivity index (χ2n) is 7.19. The highest BCUT2D eigenvalue weighted by molar-refractivity contribution is 8.15. The SMILES string of the molecule is COC1C=CC=CC1C1=NOC(CN(C2=NCCS2)S(=O)(=O)C2C=CC=CC2)C1. The Balaban J connectivity index is 1.48. The van der Waals surface area contributed by atoms with E-state index in [0.29, 0.717) is 24.6 Å². The molecule has 0 spiro atoms. The van der Waals surface area contributed by atoms with E-state index in [1.807, 2.05) is 36.5 Å². The van der Waals surface area contributed by atoms with Gasteiger partial charge in [-0.1, -0.05) is 65.5 Å². The maximum atomic E-state index is 13.4. The first-order valence-electron chi connectivity index (χ1n) is 9.72. The molecule has 2 aliphatic carbocycles. The molecule has 2 aliphatic heterocycles. The molecule has 0 saturated heterocycles. The Labute approximate surface area is 176 Å². The van der Waals surface area contributed by atoms with E-state index in [4.69, 9.17) is 9.57 Å². The molecule has 4 rings (SSSR count). The van der Waals surface area contributed by atoms with Crippen LogP contribution in [0.25, 0.3) is 0 Å². The van der Waals surface area contributed by atoms with Crippen molar-refractivity contribution < 1.29 is 18.0 Å². The van der Waals surface area contributed by atoms with Gasteiger partial charge in [-0.25, -0.2) is 12.7 Å². The quantitative estimate of drug-likeness (QED) is 0.640. The lowest BCUT2D eigenvalue weighted by Crippen LogP contribution is -2.45. The van der Waals surface area contributed by atoms with Gasteiger partial charge in [0.25, 0.3) is 0 Å². The summed E-state index contributed by atoms with van der Waals surface area (Å²) in [4.78, 5) is 10.1. The number of nitrogens with zero attached hydrogens (tertiary/aromatic N) is 3. The number of rotatable bonds is 6. The van der Waals surface area contributed by atoms with Crippen LogP contribution in [0.1, 0.15) is 12.8 Å². The summed E-state index contributed by atoms with van der Waals surface area (Å²) in [5.74, 6) is 0.800. The number of hydrogen-bond acceptors (Lipinski definition) is 7. The van der Waals surface area contributed by atoms with E-state index in [0.717, 1.165) is 11.5 Å². The van der Waals surface area contributed by atoms with Gasteiger partial charge in [0.2, 0.25) is 10.0 Å². The lowest BCUT2D eigenvalue weighted by atomic mass is 9.90. The summed E-state index contributed by atoms with van der Waals surface area (Å²) in [7, 11) is -1.92. The van der Waals surface area contributed by atoms with Crippen molar-refractivity contribution >= 4 is 32.7 Å². The van der Waals surface area contributed by atoms with Gasteiger partial charge in [0.1, 0.15) is 5.25 Å². The van der Waals surface area contributed by atoms with Crippen molar-refractivity contribution in [2.24, 2.45) is 16.1 Å². The van der Waals surface area contributed by atoms with Crippen molar-refractivity contribution in [1.29, 1.82) is 0 Å². The fourth-order valence-electron chi connectivity index (χ4n) is 3.75. The van der Waals surface area contributed by atoms with Crippen molar-refractivity contribution in [3.05, 3.63) is 48.6 Å². The van der Waals surface area contributed by atoms with Gasteiger partial charge in [-0.3, -0.25) is 4.99 Å². The molecule has 7 nitrogen and oxygen atoms in total. The lowest BCUT2D eigenvalue weighted by Gasteiger charge is -2.29. The van der Waals surface area contributed by atoms with E-state index in [1.165, 1.54) is 16.1 Å². The van der Waals surface area contributed by atoms with Crippen LogP contribution in [0.3, 0.4) is 0 Å². The minimum Gasteiger partial charge on any atom is -0.390 e. The number of sulfonamides is 1. The molecule has 29 heavy (non-hydrogen) atoms. The minimum atomic E-state index is -3.59. The second kappa shape index (κ2) is 8.89. The van der Waals surface area contributed by atoms with Gasteiger partial charge in [-0.05, 0) is 6.42 Å². The van der Waals surface area contributed by atoms with E-state index >= 15 is 0 Å². The summed E-state index contributed by atoms with van der Waals surface area (Å²) in [5.41, 5.74) is 0.876. The zero-order valence-corrected chi connectivity index (χ0v) is 17.9.